The van der Waals surface area contributed by atoms with Gasteiger partial charge in [0.15, 0.2) is 0 Å². The summed E-state index contributed by atoms with van der Waals surface area (Å²) in [6, 6.07) is 7.57. The lowest BCUT2D eigenvalue weighted by Crippen LogP contribution is -2.68. The van der Waals surface area contributed by atoms with E-state index in [0.717, 1.165) is 42.5 Å². The highest BCUT2D eigenvalue weighted by Crippen LogP contribution is 2.28. The van der Waals surface area contributed by atoms with Crippen molar-refractivity contribution in [3.05, 3.63) is 30.1 Å². The molecule has 0 radical (unpaired) electrons. The van der Waals surface area contributed by atoms with Gasteiger partial charge in [0.25, 0.3) is 11.8 Å². The van der Waals surface area contributed by atoms with Crippen LogP contribution in [0.2, 0.25) is 0 Å². The summed E-state index contributed by atoms with van der Waals surface area (Å²) in [5.41, 5.74) is 4.49. The van der Waals surface area contributed by atoms with E-state index in [2.05, 4.69) is 22.7 Å². The van der Waals surface area contributed by atoms with Crippen LogP contribution >= 0.6 is 11.6 Å². The summed E-state index contributed by atoms with van der Waals surface area (Å²) in [6.45, 7) is 2.80. The summed E-state index contributed by atoms with van der Waals surface area (Å²) in [5, 5.41) is 3.94. The zero-order chi connectivity index (χ0) is 20.1. The number of nitrogens with one attached hydrogen (secondary N) is 2. The number of halogens is 1. The van der Waals surface area contributed by atoms with Crippen molar-refractivity contribution in [2.24, 2.45) is 0 Å². The quantitative estimate of drug-likeness (QED) is 0.361. The molecule has 2 heterocycles. The summed E-state index contributed by atoms with van der Waals surface area (Å²) in [6.07, 6.45) is 5.24. The van der Waals surface area contributed by atoms with Gasteiger partial charge in [-0.2, -0.15) is 0 Å². The zero-order valence-electron chi connectivity index (χ0n) is 16.4. The first-order chi connectivity index (χ1) is 13.6. The van der Waals surface area contributed by atoms with Gasteiger partial charge in [-0.25, -0.2) is 9.99 Å². The molecule has 2 unspecified atom stereocenters. The van der Waals surface area contributed by atoms with Gasteiger partial charge in [0.2, 0.25) is 0 Å². The van der Waals surface area contributed by atoms with Gasteiger partial charge in [-0.15, -0.1) is 11.6 Å². The lowest BCUT2D eigenvalue weighted by atomic mass is 9.97. The highest BCUT2D eigenvalue weighted by molar-refractivity contribution is 6.33. The molecule has 1 fully saturated rings. The SMILES string of the molecule is CCCCCCC1C(Cl)C(=O)N1NC(=O)Cn1c(CNC)nc2ccccc21. The van der Waals surface area contributed by atoms with Crippen molar-refractivity contribution in [2.75, 3.05) is 7.05 Å². The molecule has 7 nitrogen and oxygen atoms in total. The number of nitrogens with zero attached hydrogens (tertiary/aromatic N) is 3. The molecule has 8 heteroatoms. The Bertz CT molecular complexity index is 837. The van der Waals surface area contributed by atoms with Crippen LogP contribution in [0.15, 0.2) is 24.3 Å². The third kappa shape index (κ3) is 4.31. The molecule has 2 amide bonds. The van der Waals surface area contributed by atoms with Crippen molar-refractivity contribution in [3.63, 3.8) is 0 Å². The number of benzene rings is 1. The summed E-state index contributed by atoms with van der Waals surface area (Å²) < 4.78 is 1.87. The first kappa shape index (κ1) is 20.6. The number of imidazole rings is 1. The second kappa shape index (κ2) is 9.39. The van der Waals surface area contributed by atoms with Gasteiger partial charge in [-0.1, -0.05) is 44.7 Å². The third-order valence-corrected chi connectivity index (χ3v) is 5.59. The minimum atomic E-state index is -0.546. The van der Waals surface area contributed by atoms with E-state index in [0.29, 0.717) is 6.54 Å². The predicted molar refractivity (Wildman–Crippen MR) is 110 cm³/mol. The number of β-lactam (4-membered cyclic amide) rings is 1. The van der Waals surface area contributed by atoms with E-state index in [1.165, 1.54) is 11.4 Å². The Morgan fingerprint density at radius 2 is 2.04 bits per heavy atom. The summed E-state index contributed by atoms with van der Waals surface area (Å²) >= 11 is 6.18. The monoisotopic (exact) mass is 405 g/mol. The van der Waals surface area contributed by atoms with Crippen molar-refractivity contribution in [2.45, 2.75) is 63.5 Å². The summed E-state index contributed by atoms with van der Waals surface area (Å²) in [4.78, 5) is 29.4. The molecule has 152 valence electrons. The first-order valence-corrected chi connectivity index (χ1v) is 10.4. The maximum absolute atomic E-state index is 12.7. The molecule has 1 aliphatic rings. The maximum Gasteiger partial charge on any atom is 0.261 e. The Balaban J connectivity index is 1.65. The number of hydrogen-bond donors (Lipinski definition) is 2. The lowest BCUT2D eigenvalue weighted by Gasteiger charge is -2.43. The highest BCUT2D eigenvalue weighted by Gasteiger charge is 2.46. The molecular weight excluding hydrogens is 378 g/mol. The van der Waals surface area contributed by atoms with Crippen molar-refractivity contribution >= 4 is 34.4 Å². The number of carbonyl (C=O) groups excluding carboxylic acids is 2. The molecule has 2 atom stereocenters. The Kier molecular flexibility index (Phi) is 6.91. The third-order valence-electron chi connectivity index (χ3n) is 5.11. The molecule has 3 rings (SSSR count). The molecule has 0 bridgehead atoms. The second-order valence-corrected chi connectivity index (χ2v) is 7.67. The standard InChI is InChI=1S/C20H28ClN5O2/c1-3-4-5-6-11-16-19(21)20(28)26(16)24-18(27)13-25-15-10-8-7-9-14(15)23-17(25)12-22-2/h7-10,16,19,22H,3-6,11-13H2,1-2H3,(H,24,27). The molecule has 0 spiro atoms. The Labute approximate surface area is 170 Å². The second-order valence-electron chi connectivity index (χ2n) is 7.19. The van der Waals surface area contributed by atoms with Crippen LogP contribution in [0, 0.1) is 0 Å². The van der Waals surface area contributed by atoms with E-state index >= 15 is 0 Å². The average Bonchev–Trinajstić information content (AvgIpc) is 3.04. The minimum absolute atomic E-state index is 0.0941. The molecule has 0 saturated carbocycles. The fourth-order valence-corrected chi connectivity index (χ4v) is 3.96. The van der Waals surface area contributed by atoms with Gasteiger partial charge in [0, 0.05) is 0 Å². The van der Waals surface area contributed by atoms with E-state index in [9.17, 15) is 9.59 Å². The van der Waals surface area contributed by atoms with E-state index in [1.807, 2.05) is 35.9 Å². The minimum Gasteiger partial charge on any atom is -0.317 e. The number of unbranched alkanes of at least 4 members (excludes halogenated alkanes) is 3. The summed E-state index contributed by atoms with van der Waals surface area (Å²) in [7, 11) is 1.84. The molecule has 2 aromatic rings. The molecule has 2 N–H and O–H groups in total. The normalized spacial score (nSPS) is 19.1. The number of aromatic nitrogens is 2. The van der Waals surface area contributed by atoms with E-state index in [1.54, 1.807) is 0 Å². The number of alkyl halides is 1. The zero-order valence-corrected chi connectivity index (χ0v) is 17.2. The van der Waals surface area contributed by atoms with Crippen LogP contribution in [0.25, 0.3) is 11.0 Å². The number of hydrogen-bond acceptors (Lipinski definition) is 4. The van der Waals surface area contributed by atoms with Crippen LogP contribution < -0.4 is 10.7 Å². The van der Waals surface area contributed by atoms with Crippen LogP contribution in [0.1, 0.15) is 44.9 Å². The topological polar surface area (TPSA) is 79.3 Å². The molecule has 1 saturated heterocycles. The maximum atomic E-state index is 12.7. The number of carbonyl (C=O) groups is 2. The van der Waals surface area contributed by atoms with Crippen LogP contribution in [-0.4, -0.2) is 44.8 Å². The van der Waals surface area contributed by atoms with E-state index in [-0.39, 0.29) is 24.4 Å². The van der Waals surface area contributed by atoms with Crippen molar-refractivity contribution < 1.29 is 9.59 Å². The van der Waals surface area contributed by atoms with Crippen molar-refractivity contribution in [1.29, 1.82) is 0 Å². The molecular formula is C20H28ClN5O2. The van der Waals surface area contributed by atoms with Gasteiger partial charge < -0.3 is 9.88 Å². The number of rotatable bonds is 10. The van der Waals surface area contributed by atoms with Crippen LogP contribution in [0.3, 0.4) is 0 Å². The fourth-order valence-electron chi connectivity index (χ4n) is 3.61. The van der Waals surface area contributed by atoms with Gasteiger partial charge >= 0.3 is 0 Å². The fraction of sp³-hybridized carbons (Fsp3) is 0.550. The van der Waals surface area contributed by atoms with Crippen LogP contribution in [-0.2, 0) is 22.7 Å². The number of fused-ring (bicyclic) bond motifs is 1. The lowest BCUT2D eigenvalue weighted by molar-refractivity contribution is -0.156. The molecule has 0 aliphatic carbocycles. The Hall–Kier alpha value is -2.12. The van der Waals surface area contributed by atoms with E-state index in [4.69, 9.17) is 11.6 Å². The molecule has 1 aromatic heterocycles. The van der Waals surface area contributed by atoms with Crippen LogP contribution in [0.4, 0.5) is 0 Å². The predicted octanol–water partition coefficient (Wildman–Crippen LogP) is 2.58. The Morgan fingerprint density at radius 1 is 1.25 bits per heavy atom. The smallest absolute Gasteiger partial charge is 0.261 e. The first-order valence-electron chi connectivity index (χ1n) is 9.92. The molecule has 28 heavy (non-hydrogen) atoms. The van der Waals surface area contributed by atoms with Crippen molar-refractivity contribution in [1.82, 2.24) is 25.3 Å². The average molecular weight is 406 g/mol. The van der Waals surface area contributed by atoms with Gasteiger partial charge in [-0.05, 0) is 25.6 Å². The summed E-state index contributed by atoms with van der Waals surface area (Å²) in [5.74, 6) is 0.289. The largest absolute Gasteiger partial charge is 0.317 e. The number of amides is 2. The van der Waals surface area contributed by atoms with Gasteiger partial charge in [0.1, 0.15) is 17.7 Å². The number of para-hydroxylation sites is 2. The number of hydrazine groups is 1. The van der Waals surface area contributed by atoms with Gasteiger partial charge in [-0.3, -0.25) is 15.0 Å². The molecule has 1 aromatic carbocycles. The van der Waals surface area contributed by atoms with Gasteiger partial charge in [0.05, 0.1) is 23.6 Å². The van der Waals surface area contributed by atoms with Crippen molar-refractivity contribution in [3.8, 4) is 0 Å². The Morgan fingerprint density at radius 3 is 2.79 bits per heavy atom. The van der Waals surface area contributed by atoms with Crippen LogP contribution in [0.5, 0.6) is 0 Å². The van der Waals surface area contributed by atoms with E-state index < -0.39 is 5.38 Å². The molecule has 1 aliphatic heterocycles. The highest BCUT2D eigenvalue weighted by atomic mass is 35.5.